The van der Waals surface area contributed by atoms with Crippen LogP contribution in [0.3, 0.4) is 0 Å². The lowest BCUT2D eigenvalue weighted by Crippen LogP contribution is -2.51. The van der Waals surface area contributed by atoms with Gasteiger partial charge in [0.15, 0.2) is 0 Å². The lowest BCUT2D eigenvalue weighted by molar-refractivity contribution is 0.380. The van der Waals surface area contributed by atoms with Crippen LogP contribution in [0.15, 0.2) is 24.3 Å². The van der Waals surface area contributed by atoms with Gasteiger partial charge >= 0.3 is 0 Å². The van der Waals surface area contributed by atoms with E-state index in [4.69, 9.17) is 5.73 Å². The molecule has 1 aliphatic rings. The van der Waals surface area contributed by atoms with Gasteiger partial charge in [0.2, 0.25) is 10.0 Å². The number of nitrogens with zero attached hydrogens (tertiary/aromatic N) is 2. The Hall–Kier alpha value is -1.18. The minimum absolute atomic E-state index is 0.126. The van der Waals surface area contributed by atoms with E-state index in [0.29, 0.717) is 26.2 Å². The van der Waals surface area contributed by atoms with Gasteiger partial charge in [-0.1, -0.05) is 0 Å². The smallest absolute Gasteiger partial charge is 0.218 e. The van der Waals surface area contributed by atoms with Crippen molar-refractivity contribution in [3.63, 3.8) is 0 Å². The first-order valence-electron chi connectivity index (χ1n) is 6.64. The topological polar surface area (TPSA) is 66.6 Å². The van der Waals surface area contributed by atoms with Gasteiger partial charge in [0.25, 0.3) is 0 Å². The molecule has 0 saturated carbocycles. The van der Waals surface area contributed by atoms with E-state index in [9.17, 15) is 12.8 Å². The van der Waals surface area contributed by atoms with Crippen LogP contribution in [-0.2, 0) is 10.0 Å². The largest absolute Gasteiger partial charge is 0.369 e. The first kappa shape index (κ1) is 15.2. The molecule has 1 saturated heterocycles. The van der Waals surface area contributed by atoms with Crippen molar-refractivity contribution in [1.29, 1.82) is 0 Å². The van der Waals surface area contributed by atoms with Gasteiger partial charge in [0, 0.05) is 38.4 Å². The van der Waals surface area contributed by atoms with E-state index in [1.807, 2.05) is 0 Å². The summed E-state index contributed by atoms with van der Waals surface area (Å²) in [6.07, 6.45) is 0. The fourth-order valence-corrected chi connectivity index (χ4v) is 3.65. The molecule has 112 valence electrons. The van der Waals surface area contributed by atoms with E-state index in [0.717, 1.165) is 5.69 Å². The number of anilines is 1. The number of piperazine rings is 1. The molecular formula is C13H20FN3O2S. The van der Waals surface area contributed by atoms with Crippen LogP contribution in [0.5, 0.6) is 0 Å². The predicted molar refractivity (Wildman–Crippen MR) is 77.6 cm³/mol. The standard InChI is InChI=1S/C13H20FN3O2S/c1-11(10-15)20(18,19)17-8-6-16(7-9-17)13-4-2-12(14)3-5-13/h2-5,11H,6-10,15H2,1H3. The molecule has 5 nitrogen and oxygen atoms in total. The van der Waals surface area contributed by atoms with Crippen LogP contribution >= 0.6 is 0 Å². The summed E-state index contributed by atoms with van der Waals surface area (Å²) in [6.45, 7) is 3.82. The van der Waals surface area contributed by atoms with Crippen LogP contribution in [0.2, 0.25) is 0 Å². The van der Waals surface area contributed by atoms with Crippen molar-refractivity contribution >= 4 is 15.7 Å². The summed E-state index contributed by atoms with van der Waals surface area (Å²) in [5.74, 6) is -0.272. The zero-order valence-corrected chi connectivity index (χ0v) is 12.3. The highest BCUT2D eigenvalue weighted by molar-refractivity contribution is 7.89. The van der Waals surface area contributed by atoms with Crippen molar-refractivity contribution in [3.8, 4) is 0 Å². The Morgan fingerprint density at radius 1 is 1.20 bits per heavy atom. The van der Waals surface area contributed by atoms with Crippen molar-refractivity contribution in [2.24, 2.45) is 5.73 Å². The van der Waals surface area contributed by atoms with Gasteiger partial charge in [-0.15, -0.1) is 0 Å². The number of halogens is 1. The average Bonchev–Trinajstić information content (AvgIpc) is 2.47. The molecule has 2 rings (SSSR count). The summed E-state index contributed by atoms with van der Waals surface area (Å²) >= 11 is 0. The van der Waals surface area contributed by atoms with Gasteiger partial charge in [0.05, 0.1) is 5.25 Å². The Bertz CT molecular complexity index is 539. The molecule has 1 aliphatic heterocycles. The molecule has 1 fully saturated rings. The lowest BCUT2D eigenvalue weighted by Gasteiger charge is -2.36. The summed E-state index contributed by atoms with van der Waals surface area (Å²) < 4.78 is 38.7. The van der Waals surface area contributed by atoms with Crippen LogP contribution in [-0.4, -0.2) is 50.7 Å². The van der Waals surface area contributed by atoms with E-state index in [1.54, 1.807) is 19.1 Å². The predicted octanol–water partition coefficient (Wildman–Crippen LogP) is 0.625. The summed E-state index contributed by atoms with van der Waals surface area (Å²) in [7, 11) is -3.30. The normalized spacial score (nSPS) is 19.1. The molecule has 0 aliphatic carbocycles. The van der Waals surface area contributed by atoms with E-state index < -0.39 is 15.3 Å². The second-order valence-corrected chi connectivity index (χ2v) is 7.30. The first-order valence-corrected chi connectivity index (χ1v) is 8.15. The van der Waals surface area contributed by atoms with Crippen LogP contribution < -0.4 is 10.6 Å². The number of rotatable bonds is 4. The van der Waals surface area contributed by atoms with Crippen molar-refractivity contribution < 1.29 is 12.8 Å². The molecule has 0 amide bonds. The third kappa shape index (κ3) is 3.11. The van der Waals surface area contributed by atoms with Gasteiger partial charge in [-0.3, -0.25) is 0 Å². The van der Waals surface area contributed by atoms with E-state index >= 15 is 0 Å². The van der Waals surface area contributed by atoms with Gasteiger partial charge in [-0.25, -0.2) is 12.8 Å². The number of sulfonamides is 1. The van der Waals surface area contributed by atoms with Gasteiger partial charge in [0.1, 0.15) is 5.82 Å². The Balaban J connectivity index is 2.01. The third-order valence-electron chi connectivity index (χ3n) is 3.63. The third-order valence-corrected chi connectivity index (χ3v) is 5.93. The number of hydrogen-bond acceptors (Lipinski definition) is 4. The summed E-state index contributed by atoms with van der Waals surface area (Å²) in [4.78, 5) is 2.05. The molecule has 0 bridgehead atoms. The number of benzene rings is 1. The van der Waals surface area contributed by atoms with Crippen LogP contribution in [0.4, 0.5) is 10.1 Å². The maximum Gasteiger partial charge on any atom is 0.218 e. The molecule has 1 aromatic carbocycles. The molecule has 1 aromatic rings. The summed E-state index contributed by atoms with van der Waals surface area (Å²) in [6, 6.07) is 6.24. The molecule has 0 radical (unpaired) electrons. The molecule has 1 unspecified atom stereocenters. The molecule has 1 atom stereocenters. The average molecular weight is 301 g/mol. The molecule has 0 spiro atoms. The molecule has 20 heavy (non-hydrogen) atoms. The van der Waals surface area contributed by atoms with Crippen molar-refractivity contribution in [2.45, 2.75) is 12.2 Å². The summed E-state index contributed by atoms with van der Waals surface area (Å²) in [5, 5.41) is -0.556. The maximum absolute atomic E-state index is 12.9. The second-order valence-electron chi connectivity index (χ2n) is 4.95. The minimum atomic E-state index is -3.30. The first-order chi connectivity index (χ1) is 9.45. The summed E-state index contributed by atoms with van der Waals surface area (Å²) in [5.41, 5.74) is 6.36. The molecule has 1 heterocycles. The maximum atomic E-state index is 12.9. The van der Waals surface area contributed by atoms with Crippen LogP contribution in [0, 0.1) is 5.82 Å². The fraction of sp³-hybridized carbons (Fsp3) is 0.538. The van der Waals surface area contributed by atoms with Gasteiger partial charge in [-0.2, -0.15) is 4.31 Å². The zero-order valence-electron chi connectivity index (χ0n) is 11.5. The Labute approximate surface area is 119 Å². The lowest BCUT2D eigenvalue weighted by atomic mass is 10.2. The second kappa shape index (κ2) is 6.07. The van der Waals surface area contributed by atoms with Crippen LogP contribution in [0.1, 0.15) is 6.92 Å². The highest BCUT2D eigenvalue weighted by Gasteiger charge is 2.30. The minimum Gasteiger partial charge on any atom is -0.369 e. The van der Waals surface area contributed by atoms with E-state index in [-0.39, 0.29) is 12.4 Å². The fourth-order valence-electron chi connectivity index (χ4n) is 2.23. The van der Waals surface area contributed by atoms with Crippen molar-refractivity contribution in [2.75, 3.05) is 37.6 Å². The monoisotopic (exact) mass is 301 g/mol. The van der Waals surface area contributed by atoms with E-state index in [1.165, 1.54) is 16.4 Å². The van der Waals surface area contributed by atoms with Gasteiger partial charge < -0.3 is 10.6 Å². The highest BCUT2D eigenvalue weighted by Crippen LogP contribution is 2.19. The Morgan fingerprint density at radius 2 is 1.75 bits per heavy atom. The highest BCUT2D eigenvalue weighted by atomic mass is 32.2. The Morgan fingerprint density at radius 3 is 2.25 bits per heavy atom. The Kier molecular flexibility index (Phi) is 4.62. The van der Waals surface area contributed by atoms with Crippen molar-refractivity contribution in [1.82, 2.24) is 4.31 Å². The van der Waals surface area contributed by atoms with Crippen LogP contribution in [0.25, 0.3) is 0 Å². The zero-order chi connectivity index (χ0) is 14.8. The molecular weight excluding hydrogens is 281 g/mol. The number of nitrogens with two attached hydrogens (primary N) is 1. The van der Waals surface area contributed by atoms with E-state index in [2.05, 4.69) is 4.90 Å². The van der Waals surface area contributed by atoms with Gasteiger partial charge in [-0.05, 0) is 31.2 Å². The van der Waals surface area contributed by atoms with Crippen molar-refractivity contribution in [3.05, 3.63) is 30.1 Å². The SMILES string of the molecule is CC(CN)S(=O)(=O)N1CCN(c2ccc(F)cc2)CC1. The molecule has 7 heteroatoms. The number of hydrogen-bond donors (Lipinski definition) is 1. The quantitative estimate of drug-likeness (QED) is 0.885. The molecule has 0 aromatic heterocycles. The molecule has 2 N–H and O–H groups in total.